The molecule has 1 aromatic heterocycles. The third-order valence-corrected chi connectivity index (χ3v) is 5.16. The van der Waals surface area contributed by atoms with Crippen LogP contribution < -0.4 is 10.6 Å². The maximum absolute atomic E-state index is 14.3. The Kier molecular flexibility index (Phi) is 10.9. The van der Waals surface area contributed by atoms with E-state index in [0.717, 1.165) is 24.6 Å². The lowest BCUT2D eigenvalue weighted by molar-refractivity contribution is -0.142. The molecule has 1 heterocycles. The summed E-state index contributed by atoms with van der Waals surface area (Å²) in [5.41, 5.74) is 7.20. The minimum Gasteiger partial charge on any atom is -0.461 e. The van der Waals surface area contributed by atoms with Crippen molar-refractivity contribution in [1.29, 1.82) is 0 Å². The van der Waals surface area contributed by atoms with E-state index in [4.69, 9.17) is 10.5 Å². The number of rotatable bonds is 7. The standard InChI is InChI=1S/C21H16F3N3O3.C7H15N/c1-12(28)30-11-14-7-10-18(26-19(14)13-5-8-15(22)9-6-13)27(21(25)29)20-16(23)3-2-4-17(20)24;1-5-7(2)6-8(3)4/h2-10H,11H2,1H3,(H2,25,29);6H,5H2,1-4H3. The summed E-state index contributed by atoms with van der Waals surface area (Å²) in [5, 5.41) is 0. The Balaban J connectivity index is 0.000000550. The second kappa shape index (κ2) is 13.8. The molecule has 0 saturated carbocycles. The second-order valence-corrected chi connectivity index (χ2v) is 8.50. The smallest absolute Gasteiger partial charge is 0.325 e. The Morgan fingerprint density at radius 2 is 1.58 bits per heavy atom. The molecule has 3 rings (SSSR count). The number of amides is 2. The van der Waals surface area contributed by atoms with Crippen molar-refractivity contribution in [2.75, 3.05) is 19.0 Å². The van der Waals surface area contributed by atoms with Crippen molar-refractivity contribution >= 4 is 23.5 Å². The Morgan fingerprint density at radius 1 is 0.974 bits per heavy atom. The van der Waals surface area contributed by atoms with Gasteiger partial charge in [0.25, 0.3) is 0 Å². The molecule has 2 amide bonds. The molecule has 0 aliphatic heterocycles. The molecule has 0 aliphatic rings. The summed E-state index contributed by atoms with van der Waals surface area (Å²) in [4.78, 5) is 30.2. The molecule has 202 valence electrons. The lowest BCUT2D eigenvalue weighted by atomic mass is 10.1. The van der Waals surface area contributed by atoms with Gasteiger partial charge < -0.3 is 15.4 Å². The van der Waals surface area contributed by atoms with Crippen LogP contribution >= 0.6 is 0 Å². The van der Waals surface area contributed by atoms with Crippen LogP contribution in [0.2, 0.25) is 0 Å². The zero-order valence-electron chi connectivity index (χ0n) is 22.0. The maximum Gasteiger partial charge on any atom is 0.325 e. The zero-order valence-corrected chi connectivity index (χ0v) is 22.0. The first-order chi connectivity index (χ1) is 17.9. The lowest BCUT2D eigenvalue weighted by Crippen LogP contribution is -2.33. The topological polar surface area (TPSA) is 88.8 Å². The summed E-state index contributed by atoms with van der Waals surface area (Å²) in [7, 11) is 4.08. The summed E-state index contributed by atoms with van der Waals surface area (Å²) in [6.45, 7) is 5.38. The first-order valence-corrected chi connectivity index (χ1v) is 11.7. The van der Waals surface area contributed by atoms with Crippen molar-refractivity contribution in [1.82, 2.24) is 9.88 Å². The van der Waals surface area contributed by atoms with E-state index in [1.807, 2.05) is 14.1 Å². The Morgan fingerprint density at radius 3 is 2.05 bits per heavy atom. The molecule has 0 fully saturated rings. The van der Waals surface area contributed by atoms with Gasteiger partial charge in [-0.15, -0.1) is 0 Å². The average molecular weight is 529 g/mol. The predicted molar refractivity (Wildman–Crippen MR) is 141 cm³/mol. The maximum atomic E-state index is 14.3. The number of para-hydroxylation sites is 1. The minimum absolute atomic E-state index is 0.153. The number of hydrogen-bond donors (Lipinski definition) is 1. The molecule has 0 unspecified atom stereocenters. The number of aromatic nitrogens is 1. The summed E-state index contributed by atoms with van der Waals surface area (Å²) < 4.78 is 46.9. The second-order valence-electron chi connectivity index (χ2n) is 8.50. The minimum atomic E-state index is -1.16. The van der Waals surface area contributed by atoms with E-state index >= 15 is 0 Å². The van der Waals surface area contributed by atoms with E-state index in [1.165, 1.54) is 48.9 Å². The van der Waals surface area contributed by atoms with Gasteiger partial charge in [0.15, 0.2) is 0 Å². The number of nitrogens with zero attached hydrogens (tertiary/aromatic N) is 3. The van der Waals surface area contributed by atoms with Gasteiger partial charge in [0.05, 0.1) is 5.69 Å². The molecular weight excluding hydrogens is 497 g/mol. The number of pyridine rings is 1. The van der Waals surface area contributed by atoms with Gasteiger partial charge in [-0.25, -0.2) is 27.8 Å². The van der Waals surface area contributed by atoms with Gasteiger partial charge in [-0.3, -0.25) is 4.79 Å². The molecule has 7 nitrogen and oxygen atoms in total. The zero-order chi connectivity index (χ0) is 28.4. The quantitative estimate of drug-likeness (QED) is 0.363. The number of nitrogens with two attached hydrogens (primary N) is 1. The third-order valence-electron chi connectivity index (χ3n) is 5.16. The van der Waals surface area contributed by atoms with Gasteiger partial charge in [-0.05, 0) is 68.1 Å². The Labute approximate surface area is 220 Å². The molecular formula is C28H31F3N4O3. The molecule has 10 heteroatoms. The summed E-state index contributed by atoms with van der Waals surface area (Å²) >= 11 is 0. The highest BCUT2D eigenvalue weighted by molar-refractivity contribution is 5.98. The number of esters is 1. The largest absolute Gasteiger partial charge is 0.461 e. The number of halogens is 3. The molecule has 0 saturated heterocycles. The SMILES string of the molecule is CC(=O)OCc1ccc(N(C(N)=O)c2c(F)cccc2F)nc1-c1ccc(F)cc1.CCC(C)=CN(C)C. The monoisotopic (exact) mass is 528 g/mol. The molecule has 2 aromatic carbocycles. The first kappa shape index (κ1) is 29.9. The van der Waals surface area contributed by atoms with Crippen LogP contribution in [0.1, 0.15) is 32.8 Å². The molecule has 0 aliphatic carbocycles. The van der Waals surface area contributed by atoms with Crippen LogP contribution in [0.5, 0.6) is 0 Å². The number of urea groups is 1. The van der Waals surface area contributed by atoms with Crippen molar-refractivity contribution in [3.8, 4) is 11.3 Å². The van der Waals surface area contributed by atoms with Crippen LogP contribution in [-0.2, 0) is 16.1 Å². The molecule has 38 heavy (non-hydrogen) atoms. The first-order valence-electron chi connectivity index (χ1n) is 11.7. The van der Waals surface area contributed by atoms with Gasteiger partial charge in [0.1, 0.15) is 35.6 Å². The number of hydrogen-bond acceptors (Lipinski definition) is 5. The van der Waals surface area contributed by atoms with Crippen LogP contribution in [-0.4, -0.2) is 36.0 Å². The van der Waals surface area contributed by atoms with E-state index in [0.29, 0.717) is 16.0 Å². The van der Waals surface area contributed by atoms with Crippen LogP contribution in [0.3, 0.4) is 0 Å². The van der Waals surface area contributed by atoms with E-state index in [9.17, 15) is 22.8 Å². The van der Waals surface area contributed by atoms with Crippen LogP contribution in [0, 0.1) is 17.5 Å². The van der Waals surface area contributed by atoms with Crippen molar-refractivity contribution in [3.05, 3.63) is 89.4 Å². The number of carbonyl (C=O) groups is 2. The van der Waals surface area contributed by atoms with Gasteiger partial charge in [0, 0.05) is 32.1 Å². The van der Waals surface area contributed by atoms with E-state index in [-0.39, 0.29) is 18.1 Å². The lowest BCUT2D eigenvalue weighted by Gasteiger charge is -2.22. The van der Waals surface area contributed by atoms with Gasteiger partial charge in [0.2, 0.25) is 0 Å². The van der Waals surface area contributed by atoms with Gasteiger partial charge in [-0.2, -0.15) is 0 Å². The number of allylic oxidation sites excluding steroid dienone is 1. The van der Waals surface area contributed by atoms with Gasteiger partial charge in [-0.1, -0.05) is 18.6 Å². The van der Waals surface area contributed by atoms with Gasteiger partial charge >= 0.3 is 12.0 Å². The predicted octanol–water partition coefficient (Wildman–Crippen LogP) is 6.31. The summed E-state index contributed by atoms with van der Waals surface area (Å²) in [5.74, 6) is -3.21. The molecule has 3 aromatic rings. The number of primary amides is 1. The average Bonchev–Trinajstić information content (AvgIpc) is 2.85. The van der Waals surface area contributed by atoms with Crippen LogP contribution in [0.15, 0.2) is 66.4 Å². The number of anilines is 2. The van der Waals surface area contributed by atoms with Crippen LogP contribution in [0.25, 0.3) is 11.3 Å². The van der Waals surface area contributed by atoms with E-state index in [2.05, 4.69) is 29.9 Å². The highest BCUT2D eigenvalue weighted by Crippen LogP contribution is 2.32. The number of carbonyl (C=O) groups excluding carboxylic acids is 2. The normalized spacial score (nSPS) is 10.8. The molecule has 0 radical (unpaired) electrons. The van der Waals surface area contributed by atoms with Crippen molar-refractivity contribution in [2.24, 2.45) is 5.73 Å². The van der Waals surface area contributed by atoms with Crippen molar-refractivity contribution in [2.45, 2.75) is 33.8 Å². The summed E-state index contributed by atoms with van der Waals surface area (Å²) in [6, 6.07) is 9.96. The van der Waals surface area contributed by atoms with E-state index in [1.54, 1.807) is 0 Å². The van der Waals surface area contributed by atoms with E-state index < -0.39 is 35.1 Å². The van der Waals surface area contributed by atoms with Crippen LogP contribution in [0.4, 0.5) is 29.5 Å². The molecule has 0 atom stereocenters. The van der Waals surface area contributed by atoms with Crippen molar-refractivity contribution < 1.29 is 27.5 Å². The number of ether oxygens (including phenoxy) is 1. The highest BCUT2D eigenvalue weighted by atomic mass is 19.1. The third kappa shape index (κ3) is 8.36. The summed E-state index contributed by atoms with van der Waals surface area (Å²) in [6.07, 6.45) is 3.29. The molecule has 0 spiro atoms. The number of benzene rings is 2. The fourth-order valence-corrected chi connectivity index (χ4v) is 3.33. The molecule has 2 N–H and O–H groups in total. The Bertz CT molecular complexity index is 1270. The van der Waals surface area contributed by atoms with Crippen molar-refractivity contribution in [3.63, 3.8) is 0 Å². The Hall–Kier alpha value is -4.34. The fourth-order valence-electron chi connectivity index (χ4n) is 3.33. The molecule has 0 bridgehead atoms. The fraction of sp³-hybridized carbons (Fsp3) is 0.250. The highest BCUT2D eigenvalue weighted by Gasteiger charge is 2.25.